The SMILES string of the molecule is CCOC(=O)c1ccc(N=C2SC(=Cc3cccc(O)c3)C(=O)N2c2ccc(C(=O)OCC)cc2)cc1. The molecule has 0 radical (unpaired) electrons. The van der Waals surface area contributed by atoms with Crippen molar-refractivity contribution in [3.63, 3.8) is 0 Å². The lowest BCUT2D eigenvalue weighted by atomic mass is 10.2. The van der Waals surface area contributed by atoms with Crippen LogP contribution in [0.1, 0.15) is 40.1 Å². The molecule has 8 nitrogen and oxygen atoms in total. The van der Waals surface area contributed by atoms with Gasteiger partial charge in [0, 0.05) is 0 Å². The van der Waals surface area contributed by atoms with Crippen molar-refractivity contribution in [3.05, 3.63) is 94.4 Å². The van der Waals surface area contributed by atoms with Crippen LogP contribution in [0.5, 0.6) is 5.75 Å². The van der Waals surface area contributed by atoms with E-state index in [4.69, 9.17) is 9.47 Å². The number of rotatable bonds is 7. The van der Waals surface area contributed by atoms with Crippen LogP contribution in [-0.4, -0.2) is 41.3 Å². The van der Waals surface area contributed by atoms with Gasteiger partial charge in [-0.25, -0.2) is 14.6 Å². The molecule has 0 aromatic heterocycles. The molecule has 0 saturated carbocycles. The number of anilines is 1. The van der Waals surface area contributed by atoms with Gasteiger partial charge in [-0.1, -0.05) is 12.1 Å². The molecule has 1 aliphatic heterocycles. The number of thioether (sulfide) groups is 1. The van der Waals surface area contributed by atoms with Crippen molar-refractivity contribution in [1.29, 1.82) is 0 Å². The monoisotopic (exact) mass is 516 g/mol. The van der Waals surface area contributed by atoms with Gasteiger partial charge in [0.15, 0.2) is 5.17 Å². The molecule has 0 aliphatic carbocycles. The van der Waals surface area contributed by atoms with Gasteiger partial charge in [-0.2, -0.15) is 0 Å². The van der Waals surface area contributed by atoms with Crippen LogP contribution in [0, 0.1) is 0 Å². The summed E-state index contributed by atoms with van der Waals surface area (Å²) in [5, 5.41) is 10.2. The average molecular weight is 517 g/mol. The predicted molar refractivity (Wildman–Crippen MR) is 143 cm³/mol. The van der Waals surface area contributed by atoms with Crippen molar-refractivity contribution in [2.45, 2.75) is 13.8 Å². The minimum Gasteiger partial charge on any atom is -0.508 e. The zero-order chi connectivity index (χ0) is 26.4. The molecule has 37 heavy (non-hydrogen) atoms. The zero-order valence-electron chi connectivity index (χ0n) is 20.2. The number of hydrogen-bond acceptors (Lipinski definition) is 8. The van der Waals surface area contributed by atoms with Gasteiger partial charge in [0.05, 0.1) is 40.6 Å². The first-order valence-corrected chi connectivity index (χ1v) is 12.4. The van der Waals surface area contributed by atoms with Crippen LogP contribution in [0.3, 0.4) is 0 Å². The second kappa shape index (κ2) is 11.6. The number of amides is 1. The summed E-state index contributed by atoms with van der Waals surface area (Å²) >= 11 is 1.18. The third-order valence-corrected chi connectivity index (χ3v) is 6.18. The summed E-state index contributed by atoms with van der Waals surface area (Å²) < 4.78 is 10.1. The Morgan fingerprint density at radius 1 is 0.919 bits per heavy atom. The maximum Gasteiger partial charge on any atom is 0.338 e. The molecule has 0 atom stereocenters. The Bertz CT molecular complexity index is 1380. The zero-order valence-corrected chi connectivity index (χ0v) is 21.0. The fourth-order valence-electron chi connectivity index (χ4n) is 3.50. The first-order chi connectivity index (χ1) is 17.9. The number of hydrogen-bond donors (Lipinski definition) is 1. The summed E-state index contributed by atoms with van der Waals surface area (Å²) in [5.41, 5.74) is 2.49. The second-order valence-electron chi connectivity index (χ2n) is 7.78. The highest BCUT2D eigenvalue weighted by Gasteiger charge is 2.35. The number of benzene rings is 3. The third kappa shape index (κ3) is 6.07. The average Bonchev–Trinajstić information content (AvgIpc) is 3.19. The number of aliphatic imine (C=N–C) groups is 1. The van der Waals surface area contributed by atoms with E-state index in [1.807, 2.05) is 0 Å². The number of aromatic hydroxyl groups is 1. The lowest BCUT2D eigenvalue weighted by Gasteiger charge is -2.16. The quantitative estimate of drug-likeness (QED) is 0.324. The van der Waals surface area contributed by atoms with Crippen molar-refractivity contribution < 1.29 is 29.0 Å². The number of esters is 2. The fraction of sp³-hybridized carbons (Fsp3) is 0.143. The molecule has 1 fully saturated rings. The molecule has 0 spiro atoms. The molecule has 3 aromatic rings. The van der Waals surface area contributed by atoms with E-state index in [0.29, 0.717) is 38.1 Å². The number of amidine groups is 1. The van der Waals surface area contributed by atoms with E-state index in [-0.39, 0.29) is 24.9 Å². The highest BCUT2D eigenvalue weighted by Crippen LogP contribution is 2.37. The smallest absolute Gasteiger partial charge is 0.338 e. The molecule has 1 saturated heterocycles. The van der Waals surface area contributed by atoms with E-state index in [2.05, 4.69) is 4.99 Å². The molecule has 0 unspecified atom stereocenters. The Morgan fingerprint density at radius 3 is 2.08 bits per heavy atom. The van der Waals surface area contributed by atoms with Crippen molar-refractivity contribution in [1.82, 2.24) is 0 Å². The van der Waals surface area contributed by atoms with Crippen LogP contribution >= 0.6 is 11.8 Å². The number of phenolic OH excluding ortho intramolecular Hbond substituents is 1. The Kier molecular flexibility index (Phi) is 8.05. The van der Waals surface area contributed by atoms with Gasteiger partial charge in [-0.15, -0.1) is 0 Å². The molecular weight excluding hydrogens is 492 g/mol. The van der Waals surface area contributed by atoms with Crippen molar-refractivity contribution in [2.24, 2.45) is 4.99 Å². The van der Waals surface area contributed by atoms with E-state index in [1.54, 1.807) is 92.7 Å². The third-order valence-electron chi connectivity index (χ3n) is 5.21. The first kappa shape index (κ1) is 25.7. The van der Waals surface area contributed by atoms with Gasteiger partial charge < -0.3 is 14.6 Å². The molecule has 1 aliphatic rings. The van der Waals surface area contributed by atoms with E-state index < -0.39 is 11.9 Å². The summed E-state index contributed by atoms with van der Waals surface area (Å²) in [6.45, 7) is 4.01. The summed E-state index contributed by atoms with van der Waals surface area (Å²) in [7, 11) is 0. The number of carbonyl (C=O) groups excluding carboxylic acids is 3. The predicted octanol–water partition coefficient (Wildman–Crippen LogP) is 5.55. The van der Waals surface area contributed by atoms with Crippen molar-refractivity contribution in [2.75, 3.05) is 18.1 Å². The molecule has 1 heterocycles. The van der Waals surface area contributed by atoms with Crippen molar-refractivity contribution >= 4 is 52.2 Å². The Hall–Kier alpha value is -4.37. The normalized spacial score (nSPS) is 15.3. The van der Waals surface area contributed by atoms with Gasteiger partial charge in [0.2, 0.25) is 0 Å². The van der Waals surface area contributed by atoms with Gasteiger partial charge in [-0.05, 0) is 97.9 Å². The number of phenols is 1. The molecule has 3 aromatic carbocycles. The van der Waals surface area contributed by atoms with E-state index in [9.17, 15) is 19.5 Å². The maximum absolute atomic E-state index is 13.5. The van der Waals surface area contributed by atoms with Gasteiger partial charge in [-0.3, -0.25) is 9.69 Å². The molecule has 9 heteroatoms. The summed E-state index contributed by atoms with van der Waals surface area (Å²) in [4.78, 5) is 44.0. The van der Waals surface area contributed by atoms with Crippen LogP contribution in [-0.2, 0) is 14.3 Å². The summed E-state index contributed by atoms with van der Waals surface area (Å²) in [6.07, 6.45) is 1.68. The van der Waals surface area contributed by atoms with Gasteiger partial charge in [0.25, 0.3) is 5.91 Å². The minimum absolute atomic E-state index is 0.0896. The summed E-state index contributed by atoms with van der Waals surface area (Å²) in [6, 6.07) is 19.6. The van der Waals surface area contributed by atoms with Gasteiger partial charge in [0.1, 0.15) is 5.75 Å². The standard InChI is InChI=1S/C28H24N2O6S/c1-3-35-26(33)19-8-12-21(13-9-19)29-28-30(22-14-10-20(11-15-22)27(34)36-4-2)25(32)24(37-28)17-18-6-5-7-23(31)16-18/h5-17,31H,3-4H2,1-2H3. The molecule has 1 N–H and O–H groups in total. The van der Waals surface area contributed by atoms with Crippen LogP contribution in [0.2, 0.25) is 0 Å². The van der Waals surface area contributed by atoms with E-state index in [1.165, 1.54) is 16.7 Å². The van der Waals surface area contributed by atoms with Crippen LogP contribution < -0.4 is 4.90 Å². The molecule has 188 valence electrons. The maximum atomic E-state index is 13.5. The summed E-state index contributed by atoms with van der Waals surface area (Å²) in [5.74, 6) is -1.09. The van der Waals surface area contributed by atoms with Crippen molar-refractivity contribution in [3.8, 4) is 5.75 Å². The molecule has 4 rings (SSSR count). The van der Waals surface area contributed by atoms with Gasteiger partial charge >= 0.3 is 11.9 Å². The fourth-order valence-corrected chi connectivity index (χ4v) is 4.50. The number of carbonyl (C=O) groups is 3. The number of nitrogens with zero attached hydrogens (tertiary/aromatic N) is 2. The van der Waals surface area contributed by atoms with Crippen LogP contribution in [0.25, 0.3) is 6.08 Å². The highest BCUT2D eigenvalue weighted by molar-refractivity contribution is 8.19. The highest BCUT2D eigenvalue weighted by atomic mass is 32.2. The molecule has 1 amide bonds. The van der Waals surface area contributed by atoms with E-state index >= 15 is 0 Å². The molecular formula is C28H24N2O6S. The lowest BCUT2D eigenvalue weighted by Crippen LogP contribution is -2.28. The van der Waals surface area contributed by atoms with E-state index in [0.717, 1.165) is 0 Å². The van der Waals surface area contributed by atoms with Crippen LogP contribution in [0.4, 0.5) is 11.4 Å². The Morgan fingerprint density at radius 2 is 1.51 bits per heavy atom. The minimum atomic E-state index is -0.448. The Labute approximate surface area is 218 Å². The Balaban J connectivity index is 1.70. The largest absolute Gasteiger partial charge is 0.508 e. The number of ether oxygens (including phenoxy) is 2. The topological polar surface area (TPSA) is 106 Å². The second-order valence-corrected chi connectivity index (χ2v) is 8.78. The first-order valence-electron chi connectivity index (χ1n) is 11.6. The molecule has 0 bridgehead atoms. The van der Waals surface area contributed by atoms with Crippen LogP contribution in [0.15, 0.2) is 82.7 Å². The lowest BCUT2D eigenvalue weighted by molar-refractivity contribution is -0.113.